The first-order valence-corrected chi connectivity index (χ1v) is 12.9. The van der Waals surface area contributed by atoms with Crippen molar-refractivity contribution in [2.75, 3.05) is 39.5 Å². The first kappa shape index (κ1) is 22.0. The van der Waals surface area contributed by atoms with Gasteiger partial charge in [0.15, 0.2) is 0 Å². The highest BCUT2D eigenvalue weighted by Gasteiger charge is 2.63. The maximum absolute atomic E-state index is 13.4. The van der Waals surface area contributed by atoms with Gasteiger partial charge in [-0.05, 0) is 74.0 Å². The molecule has 5 rings (SSSR count). The number of aliphatic hydroxyl groups excluding tert-OH is 1. The summed E-state index contributed by atoms with van der Waals surface area (Å²) in [6.45, 7) is 8.67. The van der Waals surface area contributed by atoms with Gasteiger partial charge in [-0.3, -0.25) is 9.69 Å². The van der Waals surface area contributed by atoms with E-state index in [9.17, 15) is 15.3 Å². The van der Waals surface area contributed by atoms with E-state index in [0.717, 1.165) is 63.6 Å². The van der Waals surface area contributed by atoms with Crippen molar-refractivity contribution in [2.24, 2.45) is 46.3 Å². The van der Waals surface area contributed by atoms with Crippen LogP contribution in [0.4, 0.5) is 0 Å². The van der Waals surface area contributed by atoms with E-state index in [1.54, 1.807) is 0 Å². The average molecular weight is 431 g/mol. The van der Waals surface area contributed by atoms with E-state index >= 15 is 0 Å². The molecule has 5 heteroatoms. The fraction of sp³-hybridized carbons (Fsp3) is 0.923. The smallest absolute Gasteiger partial charge is 0.150 e. The largest absolute Gasteiger partial charge is 0.396 e. The monoisotopic (exact) mass is 430 g/mol. The van der Waals surface area contributed by atoms with Crippen LogP contribution in [-0.2, 0) is 9.53 Å². The van der Waals surface area contributed by atoms with E-state index in [0.29, 0.717) is 30.1 Å². The Morgan fingerprint density at radius 1 is 1.19 bits per heavy atom. The Kier molecular flexibility index (Phi) is 5.84. The summed E-state index contributed by atoms with van der Waals surface area (Å²) in [6.07, 6.45) is 8.79. The van der Waals surface area contributed by atoms with Crippen LogP contribution in [-0.4, -0.2) is 61.0 Å². The molecule has 0 aromatic rings. The molecular weight excluding hydrogens is 388 g/mol. The van der Waals surface area contributed by atoms with Gasteiger partial charge in [0.2, 0.25) is 0 Å². The van der Waals surface area contributed by atoms with Crippen molar-refractivity contribution in [3.63, 3.8) is 0 Å². The summed E-state index contributed by atoms with van der Waals surface area (Å²) < 4.78 is 5.45. The van der Waals surface area contributed by atoms with Gasteiger partial charge in [-0.15, -0.1) is 0 Å². The molecule has 8 atom stereocenters. The lowest BCUT2D eigenvalue weighted by molar-refractivity contribution is -0.132. The van der Waals surface area contributed by atoms with E-state index in [1.165, 1.54) is 25.7 Å². The molecule has 0 radical (unpaired) electrons. The number of ether oxygens (including phenoxy) is 1. The number of nitrogens with zero attached hydrogens (tertiary/aromatic N) is 1. The fourth-order valence-electron chi connectivity index (χ4n) is 9.06. The van der Waals surface area contributed by atoms with Crippen LogP contribution in [0, 0.1) is 51.7 Å². The summed E-state index contributed by atoms with van der Waals surface area (Å²) in [5, 5.41) is 19.9. The molecule has 2 N–H and O–H groups in total. The molecular formula is C26H42N2O3. The maximum Gasteiger partial charge on any atom is 0.150 e. The number of hydrogen-bond acceptors (Lipinski definition) is 5. The third kappa shape index (κ3) is 3.45. The van der Waals surface area contributed by atoms with Crippen LogP contribution in [0.5, 0.6) is 0 Å². The Hall–Kier alpha value is -0.780. The number of aliphatic hydroxyl groups is 1. The number of nitrogens with one attached hydrogen (secondary N) is 1. The average Bonchev–Trinajstić information content (AvgIpc) is 3.10. The second-order valence-electron chi connectivity index (χ2n) is 12.0. The van der Waals surface area contributed by atoms with Crippen LogP contribution in [0.1, 0.15) is 65.2 Å². The molecule has 5 aliphatic rings. The molecule has 5 fully saturated rings. The number of rotatable bonds is 4. The molecule has 0 bridgehead atoms. The predicted molar refractivity (Wildman–Crippen MR) is 121 cm³/mol. The molecule has 1 heterocycles. The summed E-state index contributed by atoms with van der Waals surface area (Å²) in [4.78, 5) is 15.7. The molecule has 3 unspecified atom stereocenters. The minimum absolute atomic E-state index is 0.0624. The zero-order valence-corrected chi connectivity index (χ0v) is 19.6. The molecule has 0 spiro atoms. The van der Waals surface area contributed by atoms with E-state index in [2.05, 4.69) is 18.7 Å². The lowest BCUT2D eigenvalue weighted by atomic mass is 9.43. The minimum atomic E-state index is -0.0657. The second kappa shape index (κ2) is 8.22. The number of hydrogen-bond donors (Lipinski definition) is 2. The first-order valence-electron chi connectivity index (χ1n) is 12.9. The van der Waals surface area contributed by atoms with Gasteiger partial charge >= 0.3 is 0 Å². The molecule has 0 aromatic heterocycles. The third-order valence-electron chi connectivity index (χ3n) is 10.5. The molecule has 0 amide bonds. The highest BCUT2D eigenvalue weighted by molar-refractivity contribution is 5.90. The van der Waals surface area contributed by atoms with E-state index in [-0.39, 0.29) is 29.3 Å². The van der Waals surface area contributed by atoms with Crippen molar-refractivity contribution in [1.29, 1.82) is 5.41 Å². The van der Waals surface area contributed by atoms with Gasteiger partial charge in [0.05, 0.1) is 19.8 Å². The number of morpholine rings is 1. The number of ketones is 1. The zero-order chi connectivity index (χ0) is 21.8. The molecule has 1 aliphatic heterocycles. The fourth-order valence-corrected chi connectivity index (χ4v) is 9.06. The molecule has 4 aliphatic carbocycles. The van der Waals surface area contributed by atoms with Gasteiger partial charge in [0, 0.05) is 42.7 Å². The van der Waals surface area contributed by atoms with Gasteiger partial charge in [-0.1, -0.05) is 20.3 Å². The van der Waals surface area contributed by atoms with Crippen molar-refractivity contribution in [3.8, 4) is 0 Å². The van der Waals surface area contributed by atoms with Crippen LogP contribution in [0.15, 0.2) is 0 Å². The number of carbonyl (C=O) groups is 1. The van der Waals surface area contributed by atoms with Crippen molar-refractivity contribution in [1.82, 2.24) is 4.90 Å². The van der Waals surface area contributed by atoms with Gasteiger partial charge in [0.1, 0.15) is 5.78 Å². The molecule has 4 saturated carbocycles. The molecule has 31 heavy (non-hydrogen) atoms. The summed E-state index contributed by atoms with van der Waals surface area (Å²) in [5.41, 5.74) is 0.736. The summed E-state index contributed by atoms with van der Waals surface area (Å²) in [5.74, 6) is 3.09. The predicted octanol–water partition coefficient (Wildman–Crippen LogP) is 3.78. The van der Waals surface area contributed by atoms with Gasteiger partial charge < -0.3 is 15.3 Å². The first-order chi connectivity index (χ1) is 14.9. The Morgan fingerprint density at radius 3 is 2.71 bits per heavy atom. The van der Waals surface area contributed by atoms with E-state index in [4.69, 9.17) is 4.74 Å². The SMILES string of the molecule is C[C@H]1CC[C@@]2(CO)C(CC[C@@H]3C2C(=N)C[C@@]2(C)C3CC[C@@H]2C(=O)CN2CCOCC2)C1. The molecule has 0 aromatic carbocycles. The van der Waals surface area contributed by atoms with Crippen LogP contribution in [0.25, 0.3) is 0 Å². The number of carbonyl (C=O) groups excluding carboxylic acids is 1. The van der Waals surface area contributed by atoms with Crippen LogP contribution >= 0.6 is 0 Å². The summed E-state index contributed by atoms with van der Waals surface area (Å²) in [7, 11) is 0. The lowest BCUT2D eigenvalue weighted by Crippen LogP contribution is -2.60. The van der Waals surface area contributed by atoms with Crippen molar-refractivity contribution in [3.05, 3.63) is 0 Å². The highest BCUT2D eigenvalue weighted by Crippen LogP contribution is 2.66. The zero-order valence-electron chi connectivity index (χ0n) is 19.6. The maximum atomic E-state index is 13.4. The van der Waals surface area contributed by atoms with Crippen LogP contribution in [0.3, 0.4) is 0 Å². The minimum Gasteiger partial charge on any atom is -0.396 e. The molecule has 5 nitrogen and oxygen atoms in total. The highest BCUT2D eigenvalue weighted by atomic mass is 16.5. The standard InChI is InChI=1S/C26H42N2O3/c1-17-7-8-26(16-29)18(13-17)3-4-19-20-5-6-21(25(20,2)14-22(27)24(19)26)23(30)15-28-9-11-31-12-10-28/h17-21,24,27,29H,3-16H2,1-2H3/t17-,18?,19-,20?,21+,24?,25-,26+/m0/s1. The Labute approximate surface area is 187 Å². The van der Waals surface area contributed by atoms with E-state index in [1.807, 2.05) is 0 Å². The van der Waals surface area contributed by atoms with Crippen LogP contribution < -0.4 is 0 Å². The Bertz CT molecular complexity index is 719. The summed E-state index contributed by atoms with van der Waals surface area (Å²) in [6, 6.07) is 0. The topological polar surface area (TPSA) is 73.6 Å². The number of fused-ring (bicyclic) bond motifs is 5. The second-order valence-corrected chi connectivity index (χ2v) is 12.0. The van der Waals surface area contributed by atoms with Crippen LogP contribution in [0.2, 0.25) is 0 Å². The lowest BCUT2D eigenvalue weighted by Gasteiger charge is -2.61. The Morgan fingerprint density at radius 2 is 1.97 bits per heavy atom. The van der Waals surface area contributed by atoms with Gasteiger partial charge in [-0.2, -0.15) is 0 Å². The van der Waals surface area contributed by atoms with Crippen molar-refractivity contribution in [2.45, 2.75) is 65.2 Å². The molecule has 1 saturated heterocycles. The van der Waals surface area contributed by atoms with E-state index < -0.39 is 0 Å². The van der Waals surface area contributed by atoms with Gasteiger partial charge in [0.25, 0.3) is 0 Å². The Balaban J connectivity index is 1.38. The van der Waals surface area contributed by atoms with Crippen molar-refractivity contribution >= 4 is 11.5 Å². The number of Topliss-reactive ketones (excluding diaryl/α,β-unsaturated/α-hetero) is 1. The normalized spacial score (nSPS) is 48.0. The molecule has 174 valence electrons. The quantitative estimate of drug-likeness (QED) is 0.712. The van der Waals surface area contributed by atoms with Gasteiger partial charge in [-0.25, -0.2) is 0 Å². The summed E-state index contributed by atoms with van der Waals surface area (Å²) >= 11 is 0. The van der Waals surface area contributed by atoms with Crippen molar-refractivity contribution < 1.29 is 14.6 Å². The third-order valence-corrected chi connectivity index (χ3v) is 10.5.